The van der Waals surface area contributed by atoms with Gasteiger partial charge in [-0.15, -0.1) is 0 Å². The lowest BCUT2D eigenvalue weighted by Gasteiger charge is -2.29. The van der Waals surface area contributed by atoms with Crippen LogP contribution in [0.25, 0.3) is 5.76 Å². The number of amides is 1. The molecule has 1 amide bonds. The zero-order valence-electron chi connectivity index (χ0n) is 21.6. The third-order valence-corrected chi connectivity index (χ3v) is 9.46. The number of nitrogens with zero attached hydrogens (tertiary/aromatic N) is 3. The normalized spacial score (nSPS) is 22.6. The van der Waals surface area contributed by atoms with Crippen molar-refractivity contribution in [2.45, 2.75) is 30.2 Å². The molecule has 39 heavy (non-hydrogen) atoms. The molecule has 3 heterocycles. The minimum atomic E-state index is -3.66. The van der Waals surface area contributed by atoms with E-state index in [1.54, 1.807) is 6.07 Å². The number of carbonyl (C=O) groups excluding carboxylic acids is 2. The lowest BCUT2D eigenvalue weighted by molar-refractivity contribution is -0.140. The number of hydrogen-bond acceptors (Lipinski definition) is 7. The van der Waals surface area contributed by atoms with Crippen molar-refractivity contribution in [3.05, 3.63) is 71.0 Å². The third-order valence-electron chi connectivity index (χ3n) is 7.55. The van der Waals surface area contributed by atoms with Crippen molar-refractivity contribution in [1.82, 2.24) is 14.1 Å². The first-order chi connectivity index (χ1) is 18.8. The number of rotatable bonds is 8. The Balaban J connectivity index is 1.46. The fourth-order valence-corrected chi connectivity index (χ4v) is 6.96. The Kier molecular flexibility index (Phi) is 8.13. The molecule has 11 heteroatoms. The maximum Gasteiger partial charge on any atom is 0.295 e. The molecule has 0 bridgehead atoms. The number of Topliss-reactive ketones (excluding diaryl/α,β-unsaturated/α-hetero) is 1. The van der Waals surface area contributed by atoms with Crippen LogP contribution >= 0.6 is 0 Å². The van der Waals surface area contributed by atoms with Gasteiger partial charge in [0.1, 0.15) is 11.6 Å². The molecule has 0 saturated carbocycles. The van der Waals surface area contributed by atoms with Crippen molar-refractivity contribution in [3.8, 4) is 0 Å². The van der Waals surface area contributed by atoms with Crippen molar-refractivity contribution in [2.75, 3.05) is 52.5 Å². The summed E-state index contributed by atoms with van der Waals surface area (Å²) in [6, 6.07) is 10.3. The Bertz CT molecular complexity index is 1370. The van der Waals surface area contributed by atoms with Crippen LogP contribution in [-0.2, 0) is 24.3 Å². The van der Waals surface area contributed by atoms with Crippen molar-refractivity contribution in [2.24, 2.45) is 0 Å². The summed E-state index contributed by atoms with van der Waals surface area (Å²) in [5.41, 5.74) is 0.0625. The van der Waals surface area contributed by atoms with Crippen LogP contribution in [0, 0.1) is 5.82 Å². The van der Waals surface area contributed by atoms with Gasteiger partial charge in [-0.1, -0.05) is 18.2 Å². The first-order valence-corrected chi connectivity index (χ1v) is 14.7. The average molecular weight is 558 g/mol. The van der Waals surface area contributed by atoms with E-state index in [0.717, 1.165) is 25.9 Å². The maximum atomic E-state index is 15.0. The fraction of sp³-hybridized carbons (Fsp3) is 0.429. The second-order valence-electron chi connectivity index (χ2n) is 9.96. The van der Waals surface area contributed by atoms with Crippen LogP contribution in [0.3, 0.4) is 0 Å². The summed E-state index contributed by atoms with van der Waals surface area (Å²) in [4.78, 5) is 30.0. The molecule has 0 aliphatic carbocycles. The van der Waals surface area contributed by atoms with Gasteiger partial charge in [0.05, 0.1) is 29.7 Å². The van der Waals surface area contributed by atoms with Gasteiger partial charge in [0.25, 0.3) is 11.7 Å². The summed E-state index contributed by atoms with van der Waals surface area (Å²) in [7, 11) is -3.66. The van der Waals surface area contributed by atoms with Crippen LogP contribution in [0.2, 0.25) is 0 Å². The Hall–Kier alpha value is -3.12. The quantitative estimate of drug-likeness (QED) is 0.302. The largest absolute Gasteiger partial charge is 0.507 e. The Labute approximate surface area is 227 Å². The average Bonchev–Trinajstić information content (AvgIpc) is 3.58. The Morgan fingerprint density at radius 2 is 1.62 bits per heavy atom. The molecule has 1 N–H and O–H groups in total. The van der Waals surface area contributed by atoms with E-state index in [2.05, 4.69) is 4.90 Å². The molecule has 0 unspecified atom stereocenters. The molecule has 3 aliphatic rings. The molecule has 0 radical (unpaired) electrons. The molecule has 9 nitrogen and oxygen atoms in total. The van der Waals surface area contributed by atoms with Gasteiger partial charge < -0.3 is 14.7 Å². The van der Waals surface area contributed by atoms with Gasteiger partial charge in [0, 0.05) is 50.4 Å². The monoisotopic (exact) mass is 557 g/mol. The molecule has 2 aromatic carbocycles. The molecular formula is C28H32FN3O6S. The molecule has 3 saturated heterocycles. The summed E-state index contributed by atoms with van der Waals surface area (Å²) >= 11 is 0. The van der Waals surface area contributed by atoms with Gasteiger partial charge in [-0.25, -0.2) is 12.8 Å². The topological polar surface area (TPSA) is 107 Å². The lowest BCUT2D eigenvalue weighted by atomic mass is 9.95. The van der Waals surface area contributed by atoms with E-state index >= 15 is 4.39 Å². The van der Waals surface area contributed by atoms with E-state index in [4.69, 9.17) is 4.74 Å². The summed E-state index contributed by atoms with van der Waals surface area (Å²) in [5.74, 6) is -2.77. The number of aliphatic hydroxyl groups is 1. The first kappa shape index (κ1) is 27.4. The van der Waals surface area contributed by atoms with Crippen LogP contribution in [-0.4, -0.2) is 91.8 Å². The second kappa shape index (κ2) is 11.5. The smallest absolute Gasteiger partial charge is 0.295 e. The number of aliphatic hydroxyl groups excluding tert-OH is 1. The van der Waals surface area contributed by atoms with Crippen LogP contribution in [0.15, 0.2) is 59.0 Å². The molecule has 0 aromatic heterocycles. The van der Waals surface area contributed by atoms with Crippen molar-refractivity contribution in [3.63, 3.8) is 0 Å². The number of ether oxygens (including phenoxy) is 1. The van der Waals surface area contributed by atoms with Gasteiger partial charge >= 0.3 is 0 Å². The van der Waals surface area contributed by atoms with Gasteiger partial charge in [0.15, 0.2) is 0 Å². The van der Waals surface area contributed by atoms with Gasteiger partial charge in [0.2, 0.25) is 10.0 Å². The number of carbonyl (C=O) groups is 2. The third kappa shape index (κ3) is 5.49. The number of ketones is 1. The highest BCUT2D eigenvalue weighted by molar-refractivity contribution is 7.89. The van der Waals surface area contributed by atoms with Crippen molar-refractivity contribution >= 4 is 27.5 Å². The predicted octanol–water partition coefficient (Wildman–Crippen LogP) is 2.75. The highest BCUT2D eigenvalue weighted by atomic mass is 32.2. The summed E-state index contributed by atoms with van der Waals surface area (Å²) in [6.07, 6.45) is 2.17. The molecule has 3 fully saturated rings. The molecule has 1 atom stereocenters. The fourth-order valence-electron chi connectivity index (χ4n) is 5.44. The molecule has 5 rings (SSSR count). The highest BCUT2D eigenvalue weighted by Gasteiger charge is 2.46. The minimum Gasteiger partial charge on any atom is -0.507 e. The number of hydrogen-bond donors (Lipinski definition) is 1. The van der Waals surface area contributed by atoms with E-state index in [-0.39, 0.29) is 28.1 Å². The Morgan fingerprint density at radius 1 is 0.949 bits per heavy atom. The predicted molar refractivity (Wildman–Crippen MR) is 142 cm³/mol. The van der Waals surface area contributed by atoms with E-state index in [1.807, 2.05) is 0 Å². The van der Waals surface area contributed by atoms with Crippen LogP contribution < -0.4 is 0 Å². The zero-order chi connectivity index (χ0) is 27.6. The van der Waals surface area contributed by atoms with E-state index in [1.165, 1.54) is 51.7 Å². The van der Waals surface area contributed by atoms with E-state index in [9.17, 15) is 23.1 Å². The van der Waals surface area contributed by atoms with Crippen LogP contribution in [0.4, 0.5) is 4.39 Å². The summed E-state index contributed by atoms with van der Waals surface area (Å²) in [6.45, 7) is 4.63. The summed E-state index contributed by atoms with van der Waals surface area (Å²) in [5, 5.41) is 11.3. The second-order valence-corrected chi connectivity index (χ2v) is 11.9. The zero-order valence-corrected chi connectivity index (χ0v) is 22.4. The SMILES string of the molecule is O=C1C(=O)N(CCCN2CCOCC2)[C@@H](c2ccccc2F)C1=C(O)c1ccc(S(=O)(=O)N2CCCC2)cc1. The van der Waals surface area contributed by atoms with Crippen molar-refractivity contribution < 1.29 is 32.2 Å². The first-order valence-electron chi connectivity index (χ1n) is 13.2. The summed E-state index contributed by atoms with van der Waals surface area (Å²) < 4.78 is 47.6. The van der Waals surface area contributed by atoms with Crippen LogP contribution in [0.5, 0.6) is 0 Å². The number of benzene rings is 2. The number of sulfonamides is 1. The number of morpholine rings is 1. The molecule has 2 aromatic rings. The van der Waals surface area contributed by atoms with Gasteiger partial charge in [-0.2, -0.15) is 4.31 Å². The Morgan fingerprint density at radius 3 is 2.28 bits per heavy atom. The standard InChI is InChI=1S/C28H32FN3O6S/c29-23-7-2-1-6-22(23)25-24(27(34)28(35)32(25)15-5-12-30-16-18-38-19-17-30)26(33)20-8-10-21(11-9-20)39(36,37)31-13-3-4-14-31/h1-2,6-11,25,33H,3-5,12-19H2/t25-/m0/s1. The molecule has 0 spiro atoms. The van der Waals surface area contributed by atoms with Crippen molar-refractivity contribution in [1.29, 1.82) is 0 Å². The van der Waals surface area contributed by atoms with E-state index < -0.39 is 39.3 Å². The maximum absolute atomic E-state index is 15.0. The number of likely N-dealkylation sites (tertiary alicyclic amines) is 1. The lowest BCUT2D eigenvalue weighted by Crippen LogP contribution is -2.39. The number of halogens is 1. The highest BCUT2D eigenvalue weighted by Crippen LogP contribution is 2.40. The molecule has 3 aliphatic heterocycles. The molecular weight excluding hydrogens is 525 g/mol. The minimum absolute atomic E-state index is 0.0789. The molecule has 208 valence electrons. The van der Waals surface area contributed by atoms with E-state index in [0.29, 0.717) is 39.3 Å². The van der Waals surface area contributed by atoms with Gasteiger partial charge in [-0.05, 0) is 49.6 Å². The van der Waals surface area contributed by atoms with Gasteiger partial charge in [-0.3, -0.25) is 14.5 Å². The van der Waals surface area contributed by atoms with Crippen LogP contribution in [0.1, 0.15) is 36.4 Å².